The Bertz CT molecular complexity index is 1260. The molecule has 1 atom stereocenters. The van der Waals surface area contributed by atoms with Gasteiger partial charge in [-0.05, 0) is 74.8 Å². The van der Waals surface area contributed by atoms with Crippen molar-refractivity contribution in [2.24, 2.45) is 5.92 Å². The van der Waals surface area contributed by atoms with Crippen LogP contribution in [0.2, 0.25) is 0 Å². The van der Waals surface area contributed by atoms with E-state index in [4.69, 9.17) is 4.98 Å². The maximum absolute atomic E-state index is 12.9. The van der Waals surface area contributed by atoms with Gasteiger partial charge in [-0.25, -0.2) is 4.98 Å². The fourth-order valence-electron chi connectivity index (χ4n) is 4.55. The molecule has 1 fully saturated rings. The third-order valence-electron chi connectivity index (χ3n) is 6.28. The van der Waals surface area contributed by atoms with Gasteiger partial charge in [-0.15, -0.1) is 0 Å². The number of carbonyl (C=O) groups excluding carboxylic acids is 1. The van der Waals surface area contributed by atoms with E-state index in [2.05, 4.69) is 73.2 Å². The van der Waals surface area contributed by atoms with Gasteiger partial charge in [-0.1, -0.05) is 45.8 Å². The number of hydrogen-bond donors (Lipinski definition) is 1. The number of carbonyl (C=O) groups is 1. The monoisotopic (exact) mass is 502 g/mol. The first-order chi connectivity index (χ1) is 16.1. The standard InChI is InChI=1S/C27H27BrN4O/c1-19-8-12-22(13-9-19)29-27(33)20-5-4-16-31(17-20)18-26-30-24-6-2-3-7-25(24)32(26)23-14-10-21(28)11-15-23/h2-3,6-15,20H,4-5,16-18H2,1H3,(H,29,33)/t20-/m0/s1. The molecular formula is C27H27BrN4O. The molecule has 0 unspecified atom stereocenters. The van der Waals surface area contributed by atoms with Crippen LogP contribution in [0, 0.1) is 12.8 Å². The number of nitrogens with zero attached hydrogens (tertiary/aromatic N) is 3. The number of aryl methyl sites for hydroxylation is 1. The van der Waals surface area contributed by atoms with E-state index in [1.807, 2.05) is 37.3 Å². The number of likely N-dealkylation sites (tertiary alicyclic amines) is 1. The van der Waals surface area contributed by atoms with Crippen molar-refractivity contribution in [2.75, 3.05) is 18.4 Å². The maximum Gasteiger partial charge on any atom is 0.228 e. The number of para-hydroxylation sites is 2. The molecular weight excluding hydrogens is 476 g/mol. The lowest BCUT2D eigenvalue weighted by Gasteiger charge is -2.31. The third kappa shape index (κ3) is 4.87. The molecule has 2 heterocycles. The molecule has 168 valence electrons. The summed E-state index contributed by atoms with van der Waals surface area (Å²) < 4.78 is 3.29. The summed E-state index contributed by atoms with van der Waals surface area (Å²) in [6, 6.07) is 24.6. The number of rotatable bonds is 5. The molecule has 0 spiro atoms. The largest absolute Gasteiger partial charge is 0.326 e. The SMILES string of the molecule is Cc1ccc(NC(=O)[C@H]2CCCN(Cc3nc4ccccc4n3-c3ccc(Br)cc3)C2)cc1. The maximum atomic E-state index is 12.9. The molecule has 1 aromatic heterocycles. The second-order valence-corrected chi connectivity index (χ2v) is 9.67. The summed E-state index contributed by atoms with van der Waals surface area (Å²) >= 11 is 3.53. The Morgan fingerprint density at radius 2 is 1.82 bits per heavy atom. The van der Waals surface area contributed by atoms with Gasteiger partial charge < -0.3 is 5.32 Å². The quantitative estimate of drug-likeness (QED) is 0.366. The van der Waals surface area contributed by atoms with E-state index < -0.39 is 0 Å². The van der Waals surface area contributed by atoms with Crippen molar-refractivity contribution in [1.29, 1.82) is 0 Å². The zero-order valence-electron chi connectivity index (χ0n) is 18.7. The molecule has 1 N–H and O–H groups in total. The molecule has 6 heteroatoms. The van der Waals surface area contributed by atoms with Crippen LogP contribution in [0.15, 0.2) is 77.3 Å². The van der Waals surface area contributed by atoms with Gasteiger partial charge in [0.1, 0.15) is 5.82 Å². The Morgan fingerprint density at radius 1 is 1.06 bits per heavy atom. The zero-order chi connectivity index (χ0) is 22.8. The highest BCUT2D eigenvalue weighted by atomic mass is 79.9. The average molecular weight is 503 g/mol. The predicted molar refractivity (Wildman–Crippen MR) is 137 cm³/mol. The van der Waals surface area contributed by atoms with Crippen molar-refractivity contribution in [3.05, 3.63) is 88.7 Å². The summed E-state index contributed by atoms with van der Waals surface area (Å²) in [5.74, 6) is 1.08. The summed E-state index contributed by atoms with van der Waals surface area (Å²) in [6.45, 7) is 4.46. The van der Waals surface area contributed by atoms with Crippen molar-refractivity contribution in [3.8, 4) is 5.69 Å². The van der Waals surface area contributed by atoms with E-state index in [1.165, 1.54) is 5.56 Å². The van der Waals surface area contributed by atoms with Crippen LogP contribution >= 0.6 is 15.9 Å². The van der Waals surface area contributed by atoms with Gasteiger partial charge in [0.25, 0.3) is 0 Å². The molecule has 0 aliphatic carbocycles. The Kier molecular flexibility index (Phi) is 6.29. The predicted octanol–water partition coefficient (Wildman–Crippen LogP) is 5.95. The van der Waals surface area contributed by atoms with Crippen LogP contribution in [0.5, 0.6) is 0 Å². The minimum atomic E-state index is -0.0226. The van der Waals surface area contributed by atoms with Gasteiger partial charge in [0.2, 0.25) is 5.91 Å². The van der Waals surface area contributed by atoms with Crippen LogP contribution in [0.25, 0.3) is 16.7 Å². The second-order valence-electron chi connectivity index (χ2n) is 8.76. The Labute approximate surface area is 202 Å². The Balaban J connectivity index is 1.36. The summed E-state index contributed by atoms with van der Waals surface area (Å²) in [4.78, 5) is 20.3. The first kappa shape index (κ1) is 21.9. The van der Waals surface area contributed by atoms with Gasteiger partial charge in [-0.3, -0.25) is 14.3 Å². The fourth-order valence-corrected chi connectivity index (χ4v) is 4.82. The number of hydrogen-bond acceptors (Lipinski definition) is 3. The van der Waals surface area contributed by atoms with Crippen LogP contribution in [-0.4, -0.2) is 33.4 Å². The summed E-state index contributed by atoms with van der Waals surface area (Å²) in [7, 11) is 0. The lowest BCUT2D eigenvalue weighted by Crippen LogP contribution is -2.40. The smallest absolute Gasteiger partial charge is 0.228 e. The first-order valence-corrected chi connectivity index (χ1v) is 12.2. The molecule has 4 aromatic rings. The Morgan fingerprint density at radius 3 is 2.61 bits per heavy atom. The molecule has 0 bridgehead atoms. The van der Waals surface area contributed by atoms with E-state index >= 15 is 0 Å². The number of halogens is 1. The highest BCUT2D eigenvalue weighted by molar-refractivity contribution is 9.10. The Hall–Kier alpha value is -2.96. The molecule has 33 heavy (non-hydrogen) atoms. The van der Waals surface area contributed by atoms with Gasteiger partial charge >= 0.3 is 0 Å². The molecule has 1 aliphatic heterocycles. The molecule has 1 saturated heterocycles. The topological polar surface area (TPSA) is 50.2 Å². The normalized spacial score (nSPS) is 16.7. The van der Waals surface area contributed by atoms with Gasteiger partial charge in [0, 0.05) is 22.4 Å². The number of nitrogens with one attached hydrogen (secondary N) is 1. The summed E-state index contributed by atoms with van der Waals surface area (Å²) in [6.07, 6.45) is 1.92. The molecule has 1 amide bonds. The van der Waals surface area contributed by atoms with Crippen molar-refractivity contribution < 1.29 is 4.79 Å². The molecule has 0 saturated carbocycles. The van der Waals surface area contributed by atoms with Crippen LogP contribution in [0.3, 0.4) is 0 Å². The van der Waals surface area contributed by atoms with Gasteiger partial charge in [0.15, 0.2) is 0 Å². The number of fused-ring (bicyclic) bond motifs is 1. The van der Waals surface area contributed by atoms with Crippen LogP contribution in [0.4, 0.5) is 5.69 Å². The van der Waals surface area contributed by atoms with E-state index in [0.717, 1.165) is 58.6 Å². The number of anilines is 1. The molecule has 3 aromatic carbocycles. The molecule has 5 nitrogen and oxygen atoms in total. The zero-order valence-corrected chi connectivity index (χ0v) is 20.3. The number of benzene rings is 3. The first-order valence-electron chi connectivity index (χ1n) is 11.4. The third-order valence-corrected chi connectivity index (χ3v) is 6.80. The van der Waals surface area contributed by atoms with Gasteiger partial charge in [0.05, 0.1) is 23.5 Å². The average Bonchev–Trinajstić information content (AvgIpc) is 3.19. The van der Waals surface area contributed by atoms with E-state index in [-0.39, 0.29) is 11.8 Å². The highest BCUT2D eigenvalue weighted by Gasteiger charge is 2.27. The lowest BCUT2D eigenvalue weighted by molar-refractivity contribution is -0.121. The van der Waals surface area contributed by atoms with Crippen molar-refractivity contribution in [3.63, 3.8) is 0 Å². The van der Waals surface area contributed by atoms with Gasteiger partial charge in [-0.2, -0.15) is 0 Å². The second kappa shape index (κ2) is 9.49. The van der Waals surface area contributed by atoms with Crippen LogP contribution < -0.4 is 5.32 Å². The summed E-state index contributed by atoms with van der Waals surface area (Å²) in [5.41, 5.74) is 5.22. The number of aromatic nitrogens is 2. The van der Waals surface area contributed by atoms with Crippen molar-refractivity contribution in [2.45, 2.75) is 26.3 Å². The fraction of sp³-hybridized carbons (Fsp3) is 0.259. The molecule has 5 rings (SSSR count). The van der Waals surface area contributed by atoms with Crippen molar-refractivity contribution in [1.82, 2.24) is 14.5 Å². The van der Waals surface area contributed by atoms with E-state index in [0.29, 0.717) is 6.54 Å². The lowest BCUT2D eigenvalue weighted by atomic mass is 9.97. The van der Waals surface area contributed by atoms with Crippen LogP contribution in [0.1, 0.15) is 24.2 Å². The number of amides is 1. The van der Waals surface area contributed by atoms with Crippen molar-refractivity contribution >= 4 is 38.6 Å². The minimum Gasteiger partial charge on any atom is -0.326 e. The minimum absolute atomic E-state index is 0.0226. The van der Waals surface area contributed by atoms with Crippen LogP contribution in [-0.2, 0) is 11.3 Å². The summed E-state index contributed by atoms with van der Waals surface area (Å²) in [5, 5.41) is 3.10. The number of imidazole rings is 1. The molecule has 0 radical (unpaired) electrons. The van der Waals surface area contributed by atoms with E-state index in [1.54, 1.807) is 0 Å². The number of piperidine rings is 1. The highest BCUT2D eigenvalue weighted by Crippen LogP contribution is 2.26. The molecule has 1 aliphatic rings. The van der Waals surface area contributed by atoms with E-state index in [9.17, 15) is 4.79 Å².